The summed E-state index contributed by atoms with van der Waals surface area (Å²) in [7, 11) is 0. The molecule has 0 amide bonds. The van der Waals surface area contributed by atoms with Crippen molar-refractivity contribution < 1.29 is 28.6 Å². The van der Waals surface area contributed by atoms with Crippen LogP contribution in [-0.4, -0.2) is 37.2 Å². The molecule has 6 nitrogen and oxygen atoms in total. The Kier molecular flexibility index (Phi) is 49.8. The molecule has 0 saturated carbocycles. The first-order chi connectivity index (χ1) is 31.0. The minimum absolute atomic E-state index is 0.0994. The maximum Gasteiger partial charge on any atom is 0.306 e. The van der Waals surface area contributed by atoms with Crippen LogP contribution in [-0.2, 0) is 28.6 Å². The van der Waals surface area contributed by atoms with E-state index in [-0.39, 0.29) is 37.5 Å². The number of hydrogen-bond acceptors (Lipinski definition) is 6. The largest absolute Gasteiger partial charge is 0.462 e. The van der Waals surface area contributed by atoms with Gasteiger partial charge in [-0.25, -0.2) is 0 Å². The third kappa shape index (κ3) is 50.2. The van der Waals surface area contributed by atoms with Crippen LogP contribution in [0.25, 0.3) is 0 Å². The number of carbonyl (C=O) groups is 3. The van der Waals surface area contributed by atoms with Crippen molar-refractivity contribution in [3.8, 4) is 0 Å². The Morgan fingerprint density at radius 2 is 0.619 bits per heavy atom. The molecule has 0 aliphatic heterocycles. The molecule has 0 N–H and O–H groups in total. The highest BCUT2D eigenvalue weighted by Gasteiger charge is 2.19. The molecule has 0 aromatic rings. The molecule has 0 aromatic heterocycles. The molecule has 0 aliphatic carbocycles. The maximum atomic E-state index is 12.7. The first-order valence-corrected chi connectivity index (χ1v) is 27.1. The van der Waals surface area contributed by atoms with Gasteiger partial charge in [0.2, 0.25) is 0 Å². The lowest BCUT2D eigenvalue weighted by Crippen LogP contribution is -2.30. The molecule has 0 aliphatic rings. The number of ether oxygens (including phenoxy) is 3. The zero-order valence-corrected chi connectivity index (χ0v) is 41.8. The summed E-state index contributed by atoms with van der Waals surface area (Å²) in [6, 6.07) is 0. The Bertz CT molecular complexity index is 1110. The standard InChI is InChI=1S/C57H102O6/c1-4-7-10-13-15-17-19-21-22-23-24-25-26-27-28-29-30-31-32-33-34-36-37-39-41-44-47-50-56(59)62-53-54(52-61-55(58)49-46-43-12-9-6-3)63-57(60)51-48-45-42-40-38-35-20-18-16-14-11-8-5-2/h8,11,16,18,35,38,42,45,54H,4-7,9-10,12-15,17,19-34,36-37,39-41,43-44,46-53H2,1-3H3/b11-8-,18-16-,38-35-,45-42-. The predicted octanol–water partition coefficient (Wildman–Crippen LogP) is 17.9. The summed E-state index contributed by atoms with van der Waals surface area (Å²) in [5, 5.41) is 0. The fourth-order valence-corrected chi connectivity index (χ4v) is 7.81. The van der Waals surface area contributed by atoms with Crippen molar-refractivity contribution in [3.05, 3.63) is 48.6 Å². The van der Waals surface area contributed by atoms with E-state index in [0.29, 0.717) is 19.3 Å². The lowest BCUT2D eigenvalue weighted by atomic mass is 10.0. The summed E-state index contributed by atoms with van der Waals surface area (Å²) in [6.45, 7) is 6.39. The normalized spacial score (nSPS) is 12.4. The monoisotopic (exact) mass is 883 g/mol. The number of allylic oxidation sites excluding steroid dienone is 8. The van der Waals surface area contributed by atoms with Gasteiger partial charge in [-0.05, 0) is 44.9 Å². The number of unbranched alkanes of at least 4 members (excludes halogenated alkanes) is 30. The first kappa shape index (κ1) is 60.4. The van der Waals surface area contributed by atoms with Gasteiger partial charge in [0.15, 0.2) is 6.10 Å². The van der Waals surface area contributed by atoms with E-state index in [0.717, 1.165) is 70.6 Å². The van der Waals surface area contributed by atoms with Crippen molar-refractivity contribution in [1.82, 2.24) is 0 Å². The molecule has 6 heteroatoms. The summed E-state index contributed by atoms with van der Waals surface area (Å²) in [6.07, 6.45) is 63.3. The molecule has 0 saturated heterocycles. The Morgan fingerprint density at radius 3 is 0.937 bits per heavy atom. The third-order valence-corrected chi connectivity index (χ3v) is 11.9. The molecule has 0 rings (SSSR count). The van der Waals surface area contributed by atoms with Crippen molar-refractivity contribution in [2.75, 3.05) is 13.2 Å². The molecule has 1 unspecified atom stereocenters. The minimum Gasteiger partial charge on any atom is -0.462 e. The summed E-state index contributed by atoms with van der Waals surface area (Å²) in [5.74, 6) is -0.989. The Hall–Kier alpha value is -2.63. The molecule has 0 spiro atoms. The lowest BCUT2D eigenvalue weighted by Gasteiger charge is -2.18. The predicted molar refractivity (Wildman–Crippen MR) is 270 cm³/mol. The van der Waals surface area contributed by atoms with Crippen molar-refractivity contribution in [3.63, 3.8) is 0 Å². The van der Waals surface area contributed by atoms with Crippen LogP contribution in [0.1, 0.15) is 278 Å². The molecule has 0 aromatic carbocycles. The van der Waals surface area contributed by atoms with Gasteiger partial charge >= 0.3 is 17.9 Å². The van der Waals surface area contributed by atoms with E-state index in [1.165, 1.54) is 161 Å². The van der Waals surface area contributed by atoms with Gasteiger partial charge in [0.05, 0.1) is 0 Å². The molecule has 1 atom stereocenters. The Morgan fingerprint density at radius 1 is 0.333 bits per heavy atom. The summed E-state index contributed by atoms with van der Waals surface area (Å²) >= 11 is 0. The number of rotatable bonds is 49. The smallest absolute Gasteiger partial charge is 0.306 e. The maximum absolute atomic E-state index is 12.7. The third-order valence-electron chi connectivity index (χ3n) is 11.9. The highest BCUT2D eigenvalue weighted by molar-refractivity contribution is 5.71. The zero-order chi connectivity index (χ0) is 45.8. The highest BCUT2D eigenvalue weighted by atomic mass is 16.6. The van der Waals surface area contributed by atoms with Crippen LogP contribution in [0.15, 0.2) is 48.6 Å². The van der Waals surface area contributed by atoms with Crippen LogP contribution in [0.4, 0.5) is 0 Å². The Labute approximate surface area is 390 Å². The van der Waals surface area contributed by atoms with Gasteiger partial charge < -0.3 is 14.2 Å². The lowest BCUT2D eigenvalue weighted by molar-refractivity contribution is -0.166. The average molecular weight is 883 g/mol. The molecule has 0 radical (unpaired) electrons. The fraction of sp³-hybridized carbons (Fsp3) is 0.807. The van der Waals surface area contributed by atoms with Gasteiger partial charge in [0.25, 0.3) is 0 Å². The van der Waals surface area contributed by atoms with Gasteiger partial charge in [-0.2, -0.15) is 0 Å². The molecular formula is C57H102O6. The highest BCUT2D eigenvalue weighted by Crippen LogP contribution is 2.17. The summed E-state index contributed by atoms with van der Waals surface area (Å²) in [4.78, 5) is 37.6. The second-order valence-corrected chi connectivity index (χ2v) is 18.1. The van der Waals surface area contributed by atoms with Crippen LogP contribution >= 0.6 is 0 Å². The van der Waals surface area contributed by atoms with Crippen LogP contribution in [0.3, 0.4) is 0 Å². The average Bonchev–Trinajstić information content (AvgIpc) is 3.28. The van der Waals surface area contributed by atoms with Gasteiger partial charge in [-0.15, -0.1) is 0 Å². The number of hydrogen-bond donors (Lipinski definition) is 0. The topological polar surface area (TPSA) is 78.9 Å². The molecule has 366 valence electrons. The van der Waals surface area contributed by atoms with E-state index in [1.54, 1.807) is 0 Å². The molecular weight excluding hydrogens is 781 g/mol. The van der Waals surface area contributed by atoms with E-state index in [9.17, 15) is 14.4 Å². The van der Waals surface area contributed by atoms with Crippen molar-refractivity contribution in [1.29, 1.82) is 0 Å². The van der Waals surface area contributed by atoms with Crippen molar-refractivity contribution in [2.45, 2.75) is 284 Å². The van der Waals surface area contributed by atoms with Gasteiger partial charge in [-0.1, -0.05) is 262 Å². The van der Waals surface area contributed by atoms with Crippen LogP contribution in [0.5, 0.6) is 0 Å². The summed E-state index contributed by atoms with van der Waals surface area (Å²) < 4.78 is 16.6. The van der Waals surface area contributed by atoms with E-state index in [2.05, 4.69) is 57.2 Å². The second-order valence-electron chi connectivity index (χ2n) is 18.1. The quantitative estimate of drug-likeness (QED) is 0.0262. The van der Waals surface area contributed by atoms with E-state index >= 15 is 0 Å². The summed E-state index contributed by atoms with van der Waals surface area (Å²) in [5.41, 5.74) is 0. The zero-order valence-electron chi connectivity index (χ0n) is 41.8. The molecule has 63 heavy (non-hydrogen) atoms. The molecule has 0 bridgehead atoms. The molecule has 0 heterocycles. The van der Waals surface area contributed by atoms with E-state index in [4.69, 9.17) is 14.2 Å². The van der Waals surface area contributed by atoms with Crippen molar-refractivity contribution >= 4 is 17.9 Å². The first-order valence-electron chi connectivity index (χ1n) is 27.1. The van der Waals surface area contributed by atoms with E-state index < -0.39 is 6.10 Å². The van der Waals surface area contributed by atoms with Crippen LogP contribution in [0, 0.1) is 0 Å². The molecule has 0 fully saturated rings. The van der Waals surface area contributed by atoms with Crippen molar-refractivity contribution in [2.24, 2.45) is 0 Å². The van der Waals surface area contributed by atoms with Crippen LogP contribution < -0.4 is 0 Å². The minimum atomic E-state index is -0.804. The van der Waals surface area contributed by atoms with E-state index in [1.807, 2.05) is 12.2 Å². The SMILES string of the molecule is CC/C=C\C/C=C\C/C=C\C/C=C\CCC(=O)OC(COC(=O)CCCCCCC)COC(=O)CCCCCCCCCCCCCCCCCCCCCCCCCCCCC. The Balaban J connectivity index is 4.01. The van der Waals surface area contributed by atoms with Gasteiger partial charge in [-0.3, -0.25) is 14.4 Å². The van der Waals surface area contributed by atoms with Gasteiger partial charge in [0, 0.05) is 19.3 Å². The van der Waals surface area contributed by atoms with Crippen LogP contribution in [0.2, 0.25) is 0 Å². The fourth-order valence-electron chi connectivity index (χ4n) is 7.81. The second kappa shape index (κ2) is 52.0. The number of esters is 3. The number of carbonyl (C=O) groups excluding carboxylic acids is 3. The van der Waals surface area contributed by atoms with Gasteiger partial charge in [0.1, 0.15) is 13.2 Å².